The Balaban J connectivity index is 1.74. The molecule has 0 aromatic carbocycles. The number of nitrogens with zero attached hydrogens (tertiary/aromatic N) is 3. The van der Waals surface area contributed by atoms with Crippen LogP contribution >= 0.6 is 0 Å². The summed E-state index contributed by atoms with van der Waals surface area (Å²) in [6, 6.07) is 0.643. The molecule has 4 heteroatoms. The van der Waals surface area contributed by atoms with E-state index in [9.17, 15) is 5.11 Å². The minimum absolute atomic E-state index is 0.186. The molecule has 0 bridgehead atoms. The molecule has 2 atom stereocenters. The molecular weight excluding hydrogens is 238 g/mol. The van der Waals surface area contributed by atoms with E-state index in [0.29, 0.717) is 6.04 Å². The molecule has 1 N–H and O–H groups in total. The highest BCUT2D eigenvalue weighted by Gasteiger charge is 2.25. The molecule has 106 valence electrons. The van der Waals surface area contributed by atoms with Gasteiger partial charge in [0.25, 0.3) is 0 Å². The van der Waals surface area contributed by atoms with Crippen LogP contribution in [-0.2, 0) is 19.4 Å². The van der Waals surface area contributed by atoms with Crippen molar-refractivity contribution < 1.29 is 5.11 Å². The van der Waals surface area contributed by atoms with Crippen LogP contribution < -0.4 is 0 Å². The molecule has 3 heterocycles. The third-order valence-corrected chi connectivity index (χ3v) is 4.72. The summed E-state index contributed by atoms with van der Waals surface area (Å²) in [6.45, 7) is 5.37. The Morgan fingerprint density at radius 3 is 3.11 bits per heavy atom. The maximum absolute atomic E-state index is 9.84. The van der Waals surface area contributed by atoms with E-state index in [2.05, 4.69) is 21.4 Å². The van der Waals surface area contributed by atoms with Crippen LogP contribution in [0.3, 0.4) is 0 Å². The average molecular weight is 263 g/mol. The summed E-state index contributed by atoms with van der Waals surface area (Å²) in [5.41, 5.74) is 1.30. The molecule has 1 aromatic heterocycles. The summed E-state index contributed by atoms with van der Waals surface area (Å²) in [5, 5.41) is 9.84. The molecule has 0 spiro atoms. The first-order valence-corrected chi connectivity index (χ1v) is 7.73. The monoisotopic (exact) mass is 263 g/mol. The maximum Gasteiger partial charge on any atom is 0.110 e. The van der Waals surface area contributed by atoms with Crippen molar-refractivity contribution in [2.75, 3.05) is 13.1 Å². The van der Waals surface area contributed by atoms with E-state index in [-0.39, 0.29) is 6.10 Å². The highest BCUT2D eigenvalue weighted by molar-refractivity contribution is 5.10. The molecule has 1 fully saturated rings. The first-order chi connectivity index (χ1) is 9.28. The zero-order valence-corrected chi connectivity index (χ0v) is 11.9. The predicted molar refractivity (Wildman–Crippen MR) is 75.1 cm³/mol. The number of aryl methyl sites for hydroxylation is 1. The van der Waals surface area contributed by atoms with E-state index in [1.165, 1.54) is 37.3 Å². The number of rotatable bonds is 3. The van der Waals surface area contributed by atoms with Crippen LogP contribution in [0.15, 0.2) is 6.20 Å². The van der Waals surface area contributed by atoms with Crippen LogP contribution in [0.2, 0.25) is 0 Å². The standard InChI is InChI=1S/C15H25N3O/c1-2-17-8-4-3-5-12(17)9-15-16-10-13-6-7-14(19)11-18(13)15/h10,12,14,19H,2-9,11H2,1H3. The lowest BCUT2D eigenvalue weighted by molar-refractivity contribution is 0.125. The summed E-state index contributed by atoms with van der Waals surface area (Å²) in [6.07, 6.45) is 8.69. The van der Waals surface area contributed by atoms with Gasteiger partial charge in [0.1, 0.15) is 5.82 Å². The fourth-order valence-electron chi connectivity index (χ4n) is 3.57. The van der Waals surface area contributed by atoms with Crippen molar-refractivity contribution in [2.24, 2.45) is 0 Å². The van der Waals surface area contributed by atoms with Crippen LogP contribution in [0.25, 0.3) is 0 Å². The number of aliphatic hydroxyl groups is 1. The van der Waals surface area contributed by atoms with Gasteiger partial charge in [0, 0.05) is 24.4 Å². The van der Waals surface area contributed by atoms with Gasteiger partial charge in [-0.3, -0.25) is 0 Å². The fourth-order valence-corrected chi connectivity index (χ4v) is 3.57. The topological polar surface area (TPSA) is 41.3 Å². The zero-order chi connectivity index (χ0) is 13.2. The van der Waals surface area contributed by atoms with Gasteiger partial charge in [-0.05, 0) is 38.8 Å². The van der Waals surface area contributed by atoms with Crippen molar-refractivity contribution in [1.82, 2.24) is 14.5 Å². The Kier molecular flexibility index (Phi) is 3.89. The fraction of sp³-hybridized carbons (Fsp3) is 0.800. The van der Waals surface area contributed by atoms with Crippen molar-refractivity contribution in [3.8, 4) is 0 Å². The van der Waals surface area contributed by atoms with Gasteiger partial charge < -0.3 is 14.6 Å². The van der Waals surface area contributed by atoms with E-state index in [1.807, 2.05) is 6.20 Å². The Labute approximate surface area is 115 Å². The second kappa shape index (κ2) is 5.63. The number of aliphatic hydroxyl groups excluding tert-OH is 1. The largest absolute Gasteiger partial charge is 0.391 e. The Morgan fingerprint density at radius 1 is 1.37 bits per heavy atom. The van der Waals surface area contributed by atoms with Crippen LogP contribution in [-0.4, -0.2) is 44.8 Å². The maximum atomic E-state index is 9.84. The van der Waals surface area contributed by atoms with Gasteiger partial charge in [-0.1, -0.05) is 13.3 Å². The van der Waals surface area contributed by atoms with Gasteiger partial charge in [-0.15, -0.1) is 0 Å². The molecule has 0 amide bonds. The van der Waals surface area contributed by atoms with E-state index < -0.39 is 0 Å². The predicted octanol–water partition coefficient (Wildman–Crippen LogP) is 1.61. The van der Waals surface area contributed by atoms with E-state index >= 15 is 0 Å². The molecule has 4 nitrogen and oxygen atoms in total. The molecular formula is C15H25N3O. The van der Waals surface area contributed by atoms with Crippen LogP contribution in [0, 0.1) is 0 Å². The lowest BCUT2D eigenvalue weighted by Crippen LogP contribution is -2.41. The minimum atomic E-state index is -0.186. The molecule has 0 saturated carbocycles. The third kappa shape index (κ3) is 2.70. The highest BCUT2D eigenvalue weighted by Crippen LogP contribution is 2.23. The van der Waals surface area contributed by atoms with Crippen molar-refractivity contribution in [3.63, 3.8) is 0 Å². The molecule has 2 unspecified atom stereocenters. The van der Waals surface area contributed by atoms with Crippen LogP contribution in [0.4, 0.5) is 0 Å². The summed E-state index contributed by atoms with van der Waals surface area (Å²) < 4.78 is 2.26. The number of aromatic nitrogens is 2. The molecule has 2 aliphatic rings. The van der Waals surface area contributed by atoms with Gasteiger partial charge in [0.15, 0.2) is 0 Å². The summed E-state index contributed by atoms with van der Waals surface area (Å²) in [5.74, 6) is 1.18. The van der Waals surface area contributed by atoms with Crippen LogP contribution in [0.1, 0.15) is 44.1 Å². The molecule has 1 aromatic rings. The van der Waals surface area contributed by atoms with Gasteiger partial charge in [-0.2, -0.15) is 0 Å². The Bertz CT molecular complexity index is 429. The van der Waals surface area contributed by atoms with Crippen molar-refractivity contribution in [2.45, 2.75) is 64.1 Å². The smallest absolute Gasteiger partial charge is 0.110 e. The zero-order valence-electron chi connectivity index (χ0n) is 11.9. The number of imidazole rings is 1. The summed E-state index contributed by atoms with van der Waals surface area (Å²) >= 11 is 0. The van der Waals surface area contributed by atoms with Crippen molar-refractivity contribution in [3.05, 3.63) is 17.7 Å². The average Bonchev–Trinajstić information content (AvgIpc) is 2.82. The second-order valence-corrected chi connectivity index (χ2v) is 5.95. The lowest BCUT2D eigenvalue weighted by atomic mass is 9.99. The normalized spacial score (nSPS) is 28.3. The number of hydrogen-bond acceptors (Lipinski definition) is 3. The number of piperidine rings is 1. The number of hydrogen-bond donors (Lipinski definition) is 1. The van der Waals surface area contributed by atoms with E-state index in [0.717, 1.165) is 32.4 Å². The first kappa shape index (κ1) is 13.1. The van der Waals surface area contributed by atoms with Crippen molar-refractivity contribution >= 4 is 0 Å². The first-order valence-electron chi connectivity index (χ1n) is 7.73. The molecule has 19 heavy (non-hydrogen) atoms. The molecule has 2 aliphatic heterocycles. The summed E-state index contributed by atoms with van der Waals surface area (Å²) in [7, 11) is 0. The quantitative estimate of drug-likeness (QED) is 0.901. The molecule has 0 aliphatic carbocycles. The number of likely N-dealkylation sites (tertiary alicyclic amines) is 1. The van der Waals surface area contributed by atoms with Crippen LogP contribution in [0.5, 0.6) is 0 Å². The van der Waals surface area contributed by atoms with Gasteiger partial charge in [0.2, 0.25) is 0 Å². The molecule has 3 rings (SSSR count). The van der Waals surface area contributed by atoms with E-state index in [1.54, 1.807) is 0 Å². The summed E-state index contributed by atoms with van der Waals surface area (Å²) in [4.78, 5) is 7.21. The Hall–Kier alpha value is -0.870. The van der Waals surface area contributed by atoms with Gasteiger partial charge in [0.05, 0.1) is 12.6 Å². The number of fused-ring (bicyclic) bond motifs is 1. The van der Waals surface area contributed by atoms with Gasteiger partial charge in [-0.25, -0.2) is 4.98 Å². The van der Waals surface area contributed by atoms with E-state index in [4.69, 9.17) is 0 Å². The van der Waals surface area contributed by atoms with Crippen molar-refractivity contribution in [1.29, 1.82) is 0 Å². The lowest BCUT2D eigenvalue weighted by Gasteiger charge is -2.35. The van der Waals surface area contributed by atoms with Gasteiger partial charge >= 0.3 is 0 Å². The minimum Gasteiger partial charge on any atom is -0.391 e. The third-order valence-electron chi connectivity index (χ3n) is 4.72. The molecule has 0 radical (unpaired) electrons. The molecule has 1 saturated heterocycles. The number of likely N-dealkylation sites (N-methyl/N-ethyl adjacent to an activating group) is 1. The Morgan fingerprint density at radius 2 is 2.26 bits per heavy atom. The highest BCUT2D eigenvalue weighted by atomic mass is 16.3. The second-order valence-electron chi connectivity index (χ2n) is 5.95. The SMILES string of the molecule is CCN1CCCCC1Cc1ncc2n1CC(O)CC2.